The number of hydrogen-bond acceptors (Lipinski definition) is 6. The zero-order chi connectivity index (χ0) is 26.1. The van der Waals surface area contributed by atoms with Crippen LogP contribution in [0, 0.1) is 0 Å². The van der Waals surface area contributed by atoms with Gasteiger partial charge in [0.05, 0.1) is 29.8 Å². The number of aromatic nitrogens is 1. The van der Waals surface area contributed by atoms with Gasteiger partial charge in [0, 0.05) is 18.7 Å². The highest BCUT2D eigenvalue weighted by atomic mass is 32.2. The van der Waals surface area contributed by atoms with E-state index in [1.54, 1.807) is 30.3 Å². The Hall–Kier alpha value is -3.80. The minimum Gasteiger partial charge on any atom is -0.486 e. The van der Waals surface area contributed by atoms with E-state index in [9.17, 15) is 26.4 Å². The van der Waals surface area contributed by atoms with Gasteiger partial charge in [-0.05, 0) is 53.9 Å². The van der Waals surface area contributed by atoms with Crippen LogP contribution in [-0.4, -0.2) is 44.2 Å². The van der Waals surface area contributed by atoms with Crippen LogP contribution in [0.25, 0.3) is 11.1 Å². The fourth-order valence-corrected chi connectivity index (χ4v) is 5.36. The standard InChI is InChI=1S/C24H21F3N2O6S/c1-34-22-12-16(9-10-28-22)15-5-7-21-20(11-15)29(14-18(35-21)6-8-23(30)31)36(32,33)19-4-2-3-17(13-19)24(25,26)27/h2-5,7,9-13,18H,6,8,14H2,1H3,(H,30,31)/t18-/m0/s1. The Labute approximate surface area is 205 Å². The van der Waals surface area contributed by atoms with E-state index in [2.05, 4.69) is 4.98 Å². The first kappa shape index (κ1) is 25.3. The first-order chi connectivity index (χ1) is 17.0. The second kappa shape index (κ2) is 9.69. The van der Waals surface area contributed by atoms with E-state index in [4.69, 9.17) is 14.6 Å². The van der Waals surface area contributed by atoms with Gasteiger partial charge < -0.3 is 14.6 Å². The average Bonchev–Trinajstić information content (AvgIpc) is 2.86. The number of hydrogen-bond donors (Lipinski definition) is 1. The number of anilines is 1. The van der Waals surface area contributed by atoms with Crippen molar-refractivity contribution in [2.24, 2.45) is 0 Å². The molecule has 8 nitrogen and oxygen atoms in total. The van der Waals surface area contributed by atoms with E-state index >= 15 is 0 Å². The molecule has 3 aromatic rings. The lowest BCUT2D eigenvalue weighted by Crippen LogP contribution is -2.43. The molecule has 1 atom stereocenters. The fraction of sp³-hybridized carbons (Fsp3) is 0.250. The van der Waals surface area contributed by atoms with Gasteiger partial charge in [0.2, 0.25) is 5.88 Å². The highest BCUT2D eigenvalue weighted by molar-refractivity contribution is 7.92. The molecule has 0 spiro atoms. The molecule has 2 heterocycles. The highest BCUT2D eigenvalue weighted by Crippen LogP contribution is 2.41. The van der Waals surface area contributed by atoms with Crippen molar-refractivity contribution in [1.82, 2.24) is 4.98 Å². The summed E-state index contributed by atoms with van der Waals surface area (Å²) in [4.78, 5) is 14.6. The maximum absolute atomic E-state index is 13.6. The Balaban J connectivity index is 1.81. The molecular weight excluding hydrogens is 501 g/mol. The largest absolute Gasteiger partial charge is 0.486 e. The predicted molar refractivity (Wildman–Crippen MR) is 123 cm³/mol. The van der Waals surface area contributed by atoms with Crippen LogP contribution in [0.1, 0.15) is 18.4 Å². The molecule has 0 amide bonds. The number of nitrogens with zero attached hydrogens (tertiary/aromatic N) is 2. The summed E-state index contributed by atoms with van der Waals surface area (Å²) in [7, 11) is -3.02. The molecule has 190 valence electrons. The molecule has 1 aromatic heterocycles. The van der Waals surface area contributed by atoms with Gasteiger partial charge >= 0.3 is 12.1 Å². The molecule has 0 bridgehead atoms. The number of halogens is 3. The zero-order valence-corrected chi connectivity index (χ0v) is 19.7. The van der Waals surface area contributed by atoms with Crippen molar-refractivity contribution < 1.29 is 41.0 Å². The Bertz CT molecular complexity index is 1390. The summed E-state index contributed by atoms with van der Waals surface area (Å²) in [6.45, 7) is -0.276. The van der Waals surface area contributed by atoms with Gasteiger partial charge in [0.15, 0.2) is 0 Å². The first-order valence-electron chi connectivity index (χ1n) is 10.7. The number of pyridine rings is 1. The van der Waals surface area contributed by atoms with Crippen molar-refractivity contribution >= 4 is 21.7 Å². The molecule has 12 heteroatoms. The Kier molecular flexibility index (Phi) is 6.81. The molecule has 0 fully saturated rings. The van der Waals surface area contributed by atoms with Crippen molar-refractivity contribution in [1.29, 1.82) is 0 Å². The van der Waals surface area contributed by atoms with E-state index in [0.717, 1.165) is 22.5 Å². The average molecular weight is 523 g/mol. The van der Waals surface area contributed by atoms with Gasteiger partial charge in [-0.2, -0.15) is 13.2 Å². The van der Waals surface area contributed by atoms with Crippen LogP contribution >= 0.6 is 0 Å². The van der Waals surface area contributed by atoms with E-state index in [1.807, 2.05) is 0 Å². The number of carbonyl (C=O) groups is 1. The summed E-state index contributed by atoms with van der Waals surface area (Å²) in [5.41, 5.74) is 0.268. The summed E-state index contributed by atoms with van der Waals surface area (Å²) in [6.07, 6.45) is -4.30. The summed E-state index contributed by atoms with van der Waals surface area (Å²) < 4.78 is 79.0. The molecule has 0 saturated carbocycles. The minimum atomic E-state index is -4.73. The van der Waals surface area contributed by atoms with E-state index < -0.39 is 38.7 Å². The van der Waals surface area contributed by atoms with Crippen LogP contribution in [-0.2, 0) is 21.0 Å². The van der Waals surface area contributed by atoms with Gasteiger partial charge in [-0.25, -0.2) is 13.4 Å². The van der Waals surface area contributed by atoms with Crippen LogP contribution in [0.4, 0.5) is 18.9 Å². The quantitative estimate of drug-likeness (QED) is 0.484. The zero-order valence-electron chi connectivity index (χ0n) is 18.9. The maximum Gasteiger partial charge on any atom is 0.416 e. The van der Waals surface area contributed by atoms with E-state index in [0.29, 0.717) is 23.1 Å². The number of sulfonamides is 1. The number of carboxylic acid groups (broad SMARTS) is 1. The van der Waals surface area contributed by atoms with Gasteiger partial charge in [-0.1, -0.05) is 12.1 Å². The van der Waals surface area contributed by atoms with Crippen molar-refractivity contribution in [3.8, 4) is 22.8 Å². The molecule has 0 radical (unpaired) electrons. The monoisotopic (exact) mass is 522 g/mol. The van der Waals surface area contributed by atoms with Crippen LogP contribution in [0.15, 0.2) is 65.7 Å². The summed E-state index contributed by atoms with van der Waals surface area (Å²) >= 11 is 0. The van der Waals surface area contributed by atoms with E-state index in [-0.39, 0.29) is 30.8 Å². The third kappa shape index (κ3) is 5.23. The molecule has 2 aromatic carbocycles. The molecular formula is C24H21F3N2O6S. The number of fused-ring (bicyclic) bond motifs is 1. The minimum absolute atomic E-state index is 0.00664. The number of alkyl halides is 3. The molecule has 36 heavy (non-hydrogen) atoms. The van der Waals surface area contributed by atoms with Gasteiger partial charge in [0.1, 0.15) is 11.9 Å². The summed E-state index contributed by atoms with van der Waals surface area (Å²) in [5, 5.41) is 9.05. The summed E-state index contributed by atoms with van der Waals surface area (Å²) in [5.74, 6) is -0.584. The lowest BCUT2D eigenvalue weighted by atomic mass is 10.0. The van der Waals surface area contributed by atoms with Crippen molar-refractivity contribution in [3.05, 3.63) is 66.4 Å². The smallest absolute Gasteiger partial charge is 0.416 e. The second-order valence-corrected chi connectivity index (χ2v) is 9.87. The third-order valence-corrected chi connectivity index (χ3v) is 7.37. The first-order valence-corrected chi connectivity index (χ1v) is 12.2. The Morgan fingerprint density at radius 3 is 2.61 bits per heavy atom. The number of ether oxygens (including phenoxy) is 2. The molecule has 0 unspecified atom stereocenters. The van der Waals surface area contributed by atoms with Crippen molar-refractivity contribution in [2.45, 2.75) is 30.0 Å². The van der Waals surface area contributed by atoms with Gasteiger partial charge in [0.25, 0.3) is 10.0 Å². The molecule has 0 saturated heterocycles. The predicted octanol–water partition coefficient (Wildman–Crippen LogP) is 4.60. The number of aliphatic carboxylic acids is 1. The van der Waals surface area contributed by atoms with Crippen LogP contribution in [0.2, 0.25) is 0 Å². The van der Waals surface area contributed by atoms with Crippen LogP contribution < -0.4 is 13.8 Å². The van der Waals surface area contributed by atoms with Gasteiger partial charge in [-0.15, -0.1) is 0 Å². The lowest BCUT2D eigenvalue weighted by molar-refractivity contribution is -0.138. The summed E-state index contributed by atoms with van der Waals surface area (Å²) in [6, 6.07) is 11.6. The topological polar surface area (TPSA) is 106 Å². The van der Waals surface area contributed by atoms with Crippen LogP contribution in [0.5, 0.6) is 11.6 Å². The molecule has 4 rings (SSSR count). The normalized spacial score (nSPS) is 15.7. The molecule has 1 aliphatic rings. The molecule has 0 aliphatic carbocycles. The maximum atomic E-state index is 13.6. The second-order valence-electron chi connectivity index (χ2n) is 8.00. The van der Waals surface area contributed by atoms with Crippen molar-refractivity contribution in [2.75, 3.05) is 18.0 Å². The Morgan fingerprint density at radius 1 is 1.17 bits per heavy atom. The number of methoxy groups -OCH3 is 1. The number of carboxylic acids is 1. The van der Waals surface area contributed by atoms with Gasteiger partial charge in [-0.3, -0.25) is 9.10 Å². The molecule has 1 N–H and O–H groups in total. The number of benzene rings is 2. The SMILES string of the molecule is COc1cc(-c2ccc3c(c2)N(S(=O)(=O)c2cccc(C(F)(F)F)c2)C[C@H](CCC(=O)O)O3)ccn1. The fourth-order valence-electron chi connectivity index (χ4n) is 3.81. The van der Waals surface area contributed by atoms with Crippen LogP contribution in [0.3, 0.4) is 0 Å². The molecule has 1 aliphatic heterocycles. The Morgan fingerprint density at radius 2 is 1.92 bits per heavy atom. The van der Waals surface area contributed by atoms with E-state index in [1.165, 1.54) is 13.3 Å². The van der Waals surface area contributed by atoms with Crippen molar-refractivity contribution in [3.63, 3.8) is 0 Å². The number of rotatable bonds is 7. The third-order valence-electron chi connectivity index (χ3n) is 5.60. The lowest BCUT2D eigenvalue weighted by Gasteiger charge is -2.35. The highest BCUT2D eigenvalue weighted by Gasteiger charge is 2.37.